The lowest BCUT2D eigenvalue weighted by Crippen LogP contribution is -2.26. The minimum Gasteiger partial charge on any atom is -0.493 e. The molecule has 0 radical (unpaired) electrons. The van der Waals surface area contributed by atoms with Crippen LogP contribution in [0.25, 0.3) is 11.1 Å². The first kappa shape index (κ1) is 28.8. The average Bonchev–Trinajstić information content (AvgIpc) is 3.79. The number of fused-ring (bicyclic) bond motifs is 3. The highest BCUT2D eigenvalue weighted by molar-refractivity contribution is 7.91. The predicted octanol–water partition coefficient (Wildman–Crippen LogP) is 6.63. The molecule has 3 aromatic rings. The maximum absolute atomic E-state index is 12.0. The van der Waals surface area contributed by atoms with E-state index in [2.05, 4.69) is 66.8 Å². The summed E-state index contributed by atoms with van der Waals surface area (Å²) in [6.07, 6.45) is 5.43. The molecule has 1 saturated heterocycles. The van der Waals surface area contributed by atoms with Crippen molar-refractivity contribution in [3.05, 3.63) is 82.4 Å². The van der Waals surface area contributed by atoms with Gasteiger partial charge < -0.3 is 14.8 Å². The first-order valence-electron chi connectivity index (χ1n) is 15.4. The Labute approximate surface area is 249 Å². The van der Waals surface area contributed by atoms with Crippen molar-refractivity contribution in [2.75, 3.05) is 30.0 Å². The minimum absolute atomic E-state index is 0.00958. The van der Waals surface area contributed by atoms with Crippen molar-refractivity contribution in [1.29, 1.82) is 0 Å². The summed E-state index contributed by atoms with van der Waals surface area (Å²) in [4.78, 5) is 12.0. The standard InChI is InChI=1S/C35H41NO5S/c1-3-40-35(37)33-20-31(33)27-9-11-29(12-10-27)36-21-25-7-8-26-5-4-6-28-19-30(17-23(2)34(28)32(26)18-25)41-22-24-13-15-42(38,39)16-14-24/h7-12,17-19,24,31,33,36H,3-6,13-16,20-22H2,1-2H3/t31-,33+/m1/s1. The number of sulfone groups is 1. The van der Waals surface area contributed by atoms with Crippen LogP contribution < -0.4 is 10.1 Å². The third-order valence-electron chi connectivity index (χ3n) is 9.10. The van der Waals surface area contributed by atoms with Crippen molar-refractivity contribution < 1.29 is 22.7 Å². The van der Waals surface area contributed by atoms with Crippen LogP contribution in [0.15, 0.2) is 54.6 Å². The minimum atomic E-state index is -2.86. The zero-order valence-electron chi connectivity index (χ0n) is 24.7. The lowest BCUT2D eigenvalue weighted by molar-refractivity contribution is -0.144. The third-order valence-corrected chi connectivity index (χ3v) is 10.8. The van der Waals surface area contributed by atoms with E-state index in [0.717, 1.165) is 43.7 Å². The molecule has 0 bridgehead atoms. The number of anilines is 1. The molecule has 2 fully saturated rings. The molecule has 0 spiro atoms. The lowest BCUT2D eigenvalue weighted by Gasteiger charge is -2.23. The highest BCUT2D eigenvalue weighted by Crippen LogP contribution is 2.48. The van der Waals surface area contributed by atoms with E-state index < -0.39 is 9.84 Å². The van der Waals surface area contributed by atoms with Gasteiger partial charge in [0.15, 0.2) is 0 Å². The summed E-state index contributed by atoms with van der Waals surface area (Å²) in [5.74, 6) is 1.97. The molecule has 42 heavy (non-hydrogen) atoms. The first-order chi connectivity index (χ1) is 20.3. The molecule has 2 aliphatic carbocycles. The van der Waals surface area contributed by atoms with Crippen LogP contribution >= 0.6 is 0 Å². The smallest absolute Gasteiger partial charge is 0.309 e. The molecule has 0 unspecified atom stereocenters. The normalized spacial score (nSPS) is 21.0. The van der Waals surface area contributed by atoms with E-state index in [9.17, 15) is 13.2 Å². The Kier molecular flexibility index (Phi) is 8.30. The van der Waals surface area contributed by atoms with Crippen LogP contribution in [-0.2, 0) is 38.8 Å². The number of esters is 1. The van der Waals surface area contributed by atoms with E-state index in [1.165, 1.54) is 38.9 Å². The van der Waals surface area contributed by atoms with E-state index in [1.807, 2.05) is 6.92 Å². The highest BCUT2D eigenvalue weighted by atomic mass is 32.2. The monoisotopic (exact) mass is 587 g/mol. The summed E-state index contributed by atoms with van der Waals surface area (Å²) in [6.45, 7) is 5.77. The van der Waals surface area contributed by atoms with Crippen molar-refractivity contribution >= 4 is 21.5 Å². The summed E-state index contributed by atoms with van der Waals surface area (Å²) in [7, 11) is -2.86. The Balaban J connectivity index is 1.12. The molecule has 3 aromatic carbocycles. The number of nitrogens with one attached hydrogen (secondary N) is 1. The molecular formula is C35H41NO5S. The van der Waals surface area contributed by atoms with Crippen molar-refractivity contribution in [3.8, 4) is 16.9 Å². The molecule has 6 nitrogen and oxygen atoms in total. The summed E-state index contributed by atoms with van der Waals surface area (Å²) in [5, 5.41) is 3.58. The fourth-order valence-corrected chi connectivity index (χ4v) is 8.18. The number of rotatable bonds is 9. The van der Waals surface area contributed by atoms with Crippen LogP contribution in [0.3, 0.4) is 0 Å². The number of ether oxygens (including phenoxy) is 2. The van der Waals surface area contributed by atoms with Crippen molar-refractivity contribution in [1.82, 2.24) is 0 Å². The van der Waals surface area contributed by atoms with E-state index in [0.29, 0.717) is 32.0 Å². The Hall–Kier alpha value is -3.32. The van der Waals surface area contributed by atoms with Crippen LogP contribution in [0, 0.1) is 18.8 Å². The van der Waals surface area contributed by atoms with Crippen LogP contribution in [-0.4, -0.2) is 39.1 Å². The van der Waals surface area contributed by atoms with Crippen molar-refractivity contribution in [2.45, 2.75) is 64.8 Å². The molecule has 1 heterocycles. The van der Waals surface area contributed by atoms with Crippen LogP contribution in [0.4, 0.5) is 5.69 Å². The van der Waals surface area contributed by atoms with Gasteiger partial charge in [0.2, 0.25) is 0 Å². The van der Waals surface area contributed by atoms with Gasteiger partial charge in [-0.05, 0) is 133 Å². The topological polar surface area (TPSA) is 81.7 Å². The molecule has 7 heteroatoms. The number of hydrogen-bond donors (Lipinski definition) is 1. The van der Waals surface area contributed by atoms with E-state index >= 15 is 0 Å². The van der Waals surface area contributed by atoms with Gasteiger partial charge in [0.25, 0.3) is 0 Å². The van der Waals surface area contributed by atoms with Crippen LogP contribution in [0.2, 0.25) is 0 Å². The molecule has 0 amide bonds. The molecule has 1 aliphatic heterocycles. The van der Waals surface area contributed by atoms with Gasteiger partial charge in [-0.1, -0.05) is 24.3 Å². The van der Waals surface area contributed by atoms with Gasteiger partial charge in [-0.15, -0.1) is 0 Å². The number of carbonyl (C=O) groups excluding carboxylic acids is 1. The fraction of sp³-hybridized carbons (Fsp3) is 0.457. The van der Waals surface area contributed by atoms with Gasteiger partial charge in [0.05, 0.1) is 30.6 Å². The highest BCUT2D eigenvalue weighted by Gasteiger charge is 2.45. The van der Waals surface area contributed by atoms with E-state index in [4.69, 9.17) is 9.47 Å². The van der Waals surface area contributed by atoms with Gasteiger partial charge in [0.1, 0.15) is 15.6 Å². The second-order valence-corrected chi connectivity index (χ2v) is 14.5. The Bertz CT molecular complexity index is 1550. The molecule has 222 valence electrons. The largest absolute Gasteiger partial charge is 0.493 e. The van der Waals surface area contributed by atoms with Crippen molar-refractivity contribution in [3.63, 3.8) is 0 Å². The SMILES string of the molecule is CCOC(=O)[C@H]1C[C@@H]1c1ccc(NCc2ccc3c(c2)-c2c(C)cc(OCC4CCS(=O)(=O)CC4)cc2CCC3)cc1. The van der Waals surface area contributed by atoms with Gasteiger partial charge >= 0.3 is 5.97 Å². The summed E-state index contributed by atoms with van der Waals surface area (Å²) >= 11 is 0. The molecular weight excluding hydrogens is 546 g/mol. The van der Waals surface area contributed by atoms with Gasteiger partial charge in [-0.3, -0.25) is 4.79 Å². The molecule has 2 atom stereocenters. The van der Waals surface area contributed by atoms with E-state index in [1.54, 1.807) is 0 Å². The quantitative estimate of drug-likeness (QED) is 0.283. The third kappa shape index (κ3) is 6.51. The maximum atomic E-state index is 12.0. The molecule has 3 aliphatic rings. The maximum Gasteiger partial charge on any atom is 0.309 e. The Morgan fingerprint density at radius 1 is 0.976 bits per heavy atom. The van der Waals surface area contributed by atoms with E-state index in [-0.39, 0.29) is 29.3 Å². The lowest BCUT2D eigenvalue weighted by atomic mass is 9.91. The number of hydrogen-bond acceptors (Lipinski definition) is 6. The predicted molar refractivity (Wildman–Crippen MR) is 167 cm³/mol. The van der Waals surface area contributed by atoms with Gasteiger partial charge in [0, 0.05) is 12.2 Å². The first-order valence-corrected chi connectivity index (χ1v) is 17.2. The second kappa shape index (κ2) is 12.1. The molecule has 1 N–H and O–H groups in total. The molecule has 1 saturated carbocycles. The average molecular weight is 588 g/mol. The summed E-state index contributed by atoms with van der Waals surface area (Å²) in [6, 6.07) is 19.7. The van der Waals surface area contributed by atoms with Gasteiger partial charge in [-0.25, -0.2) is 8.42 Å². The number of carbonyl (C=O) groups is 1. The summed E-state index contributed by atoms with van der Waals surface area (Å²) in [5.41, 5.74) is 10.1. The fourth-order valence-electron chi connectivity index (χ4n) is 6.59. The summed E-state index contributed by atoms with van der Waals surface area (Å²) < 4.78 is 34.9. The van der Waals surface area contributed by atoms with Crippen molar-refractivity contribution in [2.24, 2.45) is 11.8 Å². The second-order valence-electron chi connectivity index (χ2n) is 12.2. The Morgan fingerprint density at radius 3 is 2.50 bits per heavy atom. The number of benzene rings is 3. The molecule has 0 aromatic heterocycles. The number of aryl methyl sites for hydroxylation is 3. The molecule has 6 rings (SSSR count). The van der Waals surface area contributed by atoms with Gasteiger partial charge in [-0.2, -0.15) is 0 Å². The zero-order valence-corrected chi connectivity index (χ0v) is 25.5. The van der Waals surface area contributed by atoms with Crippen LogP contribution in [0.5, 0.6) is 5.75 Å². The van der Waals surface area contributed by atoms with Crippen LogP contribution in [0.1, 0.15) is 66.3 Å². The Morgan fingerprint density at radius 2 is 1.74 bits per heavy atom. The zero-order chi connectivity index (χ0) is 29.3.